The van der Waals surface area contributed by atoms with Crippen molar-refractivity contribution in [3.8, 4) is 5.75 Å². The number of carbonyl (C=O) groups is 1. The highest BCUT2D eigenvalue weighted by atomic mass is 35.5. The van der Waals surface area contributed by atoms with Crippen LogP contribution in [0.4, 0.5) is 0 Å². The second-order valence-corrected chi connectivity index (χ2v) is 7.62. The summed E-state index contributed by atoms with van der Waals surface area (Å²) in [5.74, 6) is 0.446. The highest BCUT2D eigenvalue weighted by Gasteiger charge is 2.26. The monoisotopic (exact) mass is 418 g/mol. The fourth-order valence-electron chi connectivity index (χ4n) is 3.12. The highest BCUT2D eigenvalue weighted by molar-refractivity contribution is 6.35. The van der Waals surface area contributed by atoms with E-state index < -0.39 is 6.10 Å². The molecule has 1 heterocycles. The molecule has 4 nitrogen and oxygen atoms in total. The number of amides is 1. The minimum Gasteiger partial charge on any atom is -0.479 e. The summed E-state index contributed by atoms with van der Waals surface area (Å²) in [6.45, 7) is 5.71. The van der Waals surface area contributed by atoms with Crippen molar-refractivity contribution in [1.29, 1.82) is 0 Å². The Morgan fingerprint density at radius 1 is 1.11 bits per heavy atom. The van der Waals surface area contributed by atoms with Crippen molar-refractivity contribution in [1.82, 2.24) is 9.80 Å². The van der Waals surface area contributed by atoms with Crippen LogP contribution in [0.15, 0.2) is 54.6 Å². The maximum atomic E-state index is 12.7. The normalized spacial score (nSPS) is 16.3. The van der Waals surface area contributed by atoms with Gasteiger partial charge in [0.2, 0.25) is 0 Å². The molecule has 3 rings (SSSR count). The molecule has 0 saturated carbocycles. The molecule has 1 amide bonds. The minimum atomic E-state index is -0.594. The van der Waals surface area contributed by atoms with E-state index in [-0.39, 0.29) is 5.91 Å². The SMILES string of the molecule is CC(Oc1ccc(Cl)cc1Cl)C(=O)N1CCN(C/C=C/c2ccccc2)CC1. The molecule has 2 aromatic carbocycles. The smallest absolute Gasteiger partial charge is 0.263 e. The Morgan fingerprint density at radius 2 is 1.82 bits per heavy atom. The molecule has 0 bridgehead atoms. The third-order valence-electron chi connectivity index (χ3n) is 4.70. The summed E-state index contributed by atoms with van der Waals surface area (Å²) in [5, 5.41) is 0.941. The first-order chi connectivity index (χ1) is 13.5. The number of rotatable bonds is 6. The van der Waals surface area contributed by atoms with Crippen molar-refractivity contribution in [3.05, 3.63) is 70.2 Å². The first-order valence-electron chi connectivity index (χ1n) is 9.37. The van der Waals surface area contributed by atoms with Crippen molar-refractivity contribution in [2.75, 3.05) is 32.7 Å². The van der Waals surface area contributed by atoms with Gasteiger partial charge in [0.25, 0.3) is 5.91 Å². The van der Waals surface area contributed by atoms with Crippen LogP contribution in [0.25, 0.3) is 6.08 Å². The van der Waals surface area contributed by atoms with Gasteiger partial charge in [0, 0.05) is 37.7 Å². The molecule has 2 aromatic rings. The highest BCUT2D eigenvalue weighted by Crippen LogP contribution is 2.28. The quantitative estimate of drug-likeness (QED) is 0.685. The Kier molecular flexibility index (Phi) is 7.37. The van der Waals surface area contributed by atoms with Gasteiger partial charge in [0.05, 0.1) is 5.02 Å². The summed E-state index contributed by atoms with van der Waals surface area (Å²) < 4.78 is 5.75. The van der Waals surface area contributed by atoms with E-state index in [0.29, 0.717) is 28.9 Å². The zero-order chi connectivity index (χ0) is 19.9. The zero-order valence-corrected chi connectivity index (χ0v) is 17.4. The molecule has 148 valence electrons. The van der Waals surface area contributed by atoms with Crippen LogP contribution in [0.5, 0.6) is 5.75 Å². The van der Waals surface area contributed by atoms with Crippen molar-refractivity contribution >= 4 is 35.2 Å². The van der Waals surface area contributed by atoms with Crippen molar-refractivity contribution in [2.45, 2.75) is 13.0 Å². The molecule has 28 heavy (non-hydrogen) atoms. The van der Waals surface area contributed by atoms with E-state index in [4.69, 9.17) is 27.9 Å². The van der Waals surface area contributed by atoms with Gasteiger partial charge in [-0.1, -0.05) is 65.7 Å². The van der Waals surface area contributed by atoms with Gasteiger partial charge in [0.15, 0.2) is 6.10 Å². The molecule has 0 spiro atoms. The lowest BCUT2D eigenvalue weighted by atomic mass is 10.2. The number of carbonyl (C=O) groups excluding carboxylic acids is 1. The Balaban J connectivity index is 1.46. The Morgan fingerprint density at radius 3 is 2.50 bits per heavy atom. The van der Waals surface area contributed by atoms with Crippen molar-refractivity contribution in [3.63, 3.8) is 0 Å². The summed E-state index contributed by atoms with van der Waals surface area (Å²) in [7, 11) is 0. The van der Waals surface area contributed by atoms with Crippen LogP contribution in [-0.2, 0) is 4.79 Å². The van der Waals surface area contributed by atoms with Gasteiger partial charge >= 0.3 is 0 Å². The second-order valence-electron chi connectivity index (χ2n) is 6.77. The fraction of sp³-hybridized carbons (Fsp3) is 0.318. The fourth-order valence-corrected chi connectivity index (χ4v) is 3.57. The number of benzene rings is 2. The van der Waals surface area contributed by atoms with Gasteiger partial charge in [-0.15, -0.1) is 0 Å². The third-order valence-corrected chi connectivity index (χ3v) is 5.23. The summed E-state index contributed by atoms with van der Waals surface area (Å²) >= 11 is 12.0. The topological polar surface area (TPSA) is 32.8 Å². The van der Waals surface area contributed by atoms with Gasteiger partial charge in [-0.3, -0.25) is 9.69 Å². The van der Waals surface area contributed by atoms with Crippen molar-refractivity contribution < 1.29 is 9.53 Å². The molecule has 1 fully saturated rings. The van der Waals surface area contributed by atoms with Crippen LogP contribution in [0.1, 0.15) is 12.5 Å². The predicted octanol–water partition coefficient (Wildman–Crippen LogP) is 4.62. The van der Waals surface area contributed by atoms with Gasteiger partial charge in [-0.2, -0.15) is 0 Å². The van der Waals surface area contributed by atoms with Gasteiger partial charge in [-0.05, 0) is 30.7 Å². The lowest BCUT2D eigenvalue weighted by Gasteiger charge is -2.35. The maximum Gasteiger partial charge on any atom is 0.263 e. The van der Waals surface area contributed by atoms with E-state index in [1.807, 2.05) is 23.1 Å². The molecule has 0 N–H and O–H groups in total. The molecular weight excluding hydrogens is 395 g/mol. The predicted molar refractivity (Wildman–Crippen MR) is 115 cm³/mol. The van der Waals surface area contributed by atoms with E-state index in [1.165, 1.54) is 5.56 Å². The Labute approximate surface area is 176 Å². The molecule has 0 radical (unpaired) electrons. The Hall–Kier alpha value is -2.01. The lowest BCUT2D eigenvalue weighted by molar-refractivity contribution is -0.139. The number of halogens is 2. The van der Waals surface area contributed by atoms with Gasteiger partial charge < -0.3 is 9.64 Å². The van der Waals surface area contributed by atoms with Crippen LogP contribution >= 0.6 is 23.2 Å². The first-order valence-corrected chi connectivity index (χ1v) is 10.1. The molecule has 1 aliphatic heterocycles. The van der Waals surface area contributed by atoms with Crippen LogP contribution in [0, 0.1) is 0 Å². The van der Waals surface area contributed by atoms with Gasteiger partial charge in [-0.25, -0.2) is 0 Å². The summed E-state index contributed by atoms with van der Waals surface area (Å²) in [6.07, 6.45) is 3.70. The molecule has 0 aliphatic carbocycles. The molecule has 1 saturated heterocycles. The lowest BCUT2D eigenvalue weighted by Crippen LogP contribution is -2.51. The summed E-state index contributed by atoms with van der Waals surface area (Å²) in [5.41, 5.74) is 1.20. The summed E-state index contributed by atoms with van der Waals surface area (Å²) in [4.78, 5) is 16.9. The molecule has 0 aromatic heterocycles. The van der Waals surface area contributed by atoms with E-state index in [0.717, 1.165) is 19.6 Å². The average molecular weight is 419 g/mol. The number of hydrogen-bond donors (Lipinski definition) is 0. The van der Waals surface area contributed by atoms with Crippen LogP contribution in [-0.4, -0.2) is 54.5 Å². The van der Waals surface area contributed by atoms with E-state index in [9.17, 15) is 4.79 Å². The summed E-state index contributed by atoms with van der Waals surface area (Å²) in [6, 6.07) is 15.2. The number of nitrogens with zero attached hydrogens (tertiary/aromatic N) is 2. The van der Waals surface area contributed by atoms with E-state index in [2.05, 4.69) is 29.2 Å². The molecule has 6 heteroatoms. The number of ether oxygens (including phenoxy) is 1. The molecule has 1 atom stereocenters. The molecular formula is C22H24Cl2N2O2. The third kappa shape index (κ3) is 5.74. The number of hydrogen-bond acceptors (Lipinski definition) is 3. The minimum absolute atomic E-state index is 0.0227. The first kappa shape index (κ1) is 20.7. The zero-order valence-electron chi connectivity index (χ0n) is 15.9. The largest absolute Gasteiger partial charge is 0.479 e. The Bertz CT molecular complexity index is 819. The average Bonchev–Trinajstić information content (AvgIpc) is 2.71. The van der Waals surface area contributed by atoms with E-state index >= 15 is 0 Å². The van der Waals surface area contributed by atoms with E-state index in [1.54, 1.807) is 25.1 Å². The van der Waals surface area contributed by atoms with Crippen LogP contribution in [0.2, 0.25) is 10.0 Å². The van der Waals surface area contributed by atoms with Gasteiger partial charge in [0.1, 0.15) is 5.75 Å². The molecule has 1 aliphatic rings. The van der Waals surface area contributed by atoms with Crippen LogP contribution in [0.3, 0.4) is 0 Å². The second kappa shape index (κ2) is 9.97. The molecule has 1 unspecified atom stereocenters. The number of piperazine rings is 1. The van der Waals surface area contributed by atoms with Crippen molar-refractivity contribution in [2.24, 2.45) is 0 Å². The maximum absolute atomic E-state index is 12.7. The standard InChI is InChI=1S/C22H24Cl2N2O2/c1-17(28-21-10-9-19(23)16-20(21)24)22(27)26-14-12-25(13-15-26)11-5-8-18-6-3-2-4-7-18/h2-10,16-17H,11-15H2,1H3/b8-5+. The van der Waals surface area contributed by atoms with Crippen LogP contribution < -0.4 is 4.74 Å².